The molecule has 0 radical (unpaired) electrons. The highest BCUT2D eigenvalue weighted by atomic mass is 16.2. The SMILES string of the molecule is O=C1[C@@H]2CCCN2C(=O)[C@H]2Cc3ccccc3CN12. The van der Waals surface area contributed by atoms with Crippen LogP contribution in [0, 0.1) is 0 Å². The lowest BCUT2D eigenvalue weighted by Crippen LogP contribution is -2.64. The summed E-state index contributed by atoms with van der Waals surface area (Å²) in [6, 6.07) is 7.68. The minimum Gasteiger partial charge on any atom is -0.329 e. The van der Waals surface area contributed by atoms with Crippen LogP contribution < -0.4 is 0 Å². The van der Waals surface area contributed by atoms with Crippen molar-refractivity contribution < 1.29 is 9.59 Å². The number of carbonyl (C=O) groups excluding carboxylic acids is 2. The zero-order valence-corrected chi connectivity index (χ0v) is 10.7. The Morgan fingerprint density at radius 1 is 0.947 bits per heavy atom. The molecule has 0 bridgehead atoms. The molecule has 98 valence electrons. The summed E-state index contributed by atoms with van der Waals surface area (Å²) in [5.74, 6) is 0.299. The Morgan fingerprint density at radius 2 is 1.68 bits per heavy atom. The van der Waals surface area contributed by atoms with Crippen LogP contribution in [0.3, 0.4) is 0 Å². The molecule has 0 N–H and O–H groups in total. The number of carbonyl (C=O) groups is 2. The van der Waals surface area contributed by atoms with E-state index < -0.39 is 0 Å². The summed E-state index contributed by atoms with van der Waals surface area (Å²) >= 11 is 0. The fourth-order valence-corrected chi connectivity index (χ4v) is 3.65. The topological polar surface area (TPSA) is 40.6 Å². The van der Waals surface area contributed by atoms with Gasteiger partial charge >= 0.3 is 0 Å². The molecule has 4 rings (SSSR count). The maximum atomic E-state index is 12.5. The number of rotatable bonds is 0. The van der Waals surface area contributed by atoms with Crippen molar-refractivity contribution in [1.82, 2.24) is 9.80 Å². The molecular formula is C15H16N2O2. The third-order valence-corrected chi connectivity index (χ3v) is 4.64. The van der Waals surface area contributed by atoms with Crippen molar-refractivity contribution >= 4 is 11.8 Å². The van der Waals surface area contributed by atoms with Gasteiger partial charge in [-0.1, -0.05) is 24.3 Å². The maximum Gasteiger partial charge on any atom is 0.246 e. The van der Waals surface area contributed by atoms with E-state index in [1.165, 1.54) is 11.1 Å². The molecule has 3 aliphatic heterocycles. The fraction of sp³-hybridized carbons (Fsp3) is 0.467. The summed E-state index contributed by atoms with van der Waals surface area (Å²) in [4.78, 5) is 28.7. The average Bonchev–Trinajstić information content (AvgIpc) is 2.93. The van der Waals surface area contributed by atoms with E-state index in [9.17, 15) is 9.59 Å². The Bertz CT molecular complexity index is 520. The summed E-state index contributed by atoms with van der Waals surface area (Å²) in [6.45, 7) is 1.34. The van der Waals surface area contributed by atoms with Crippen molar-refractivity contribution in [3.8, 4) is 0 Å². The Balaban J connectivity index is 1.75. The number of nitrogens with zero attached hydrogens (tertiary/aromatic N) is 2. The van der Waals surface area contributed by atoms with E-state index in [1.807, 2.05) is 12.1 Å². The van der Waals surface area contributed by atoms with E-state index in [0.29, 0.717) is 13.0 Å². The van der Waals surface area contributed by atoms with Gasteiger partial charge in [0.25, 0.3) is 0 Å². The molecule has 1 aromatic carbocycles. The molecule has 0 spiro atoms. The number of amides is 2. The van der Waals surface area contributed by atoms with Gasteiger partial charge in [0.1, 0.15) is 12.1 Å². The van der Waals surface area contributed by atoms with E-state index in [0.717, 1.165) is 19.4 Å². The van der Waals surface area contributed by atoms with Crippen LogP contribution in [0.2, 0.25) is 0 Å². The quantitative estimate of drug-likeness (QED) is 0.693. The van der Waals surface area contributed by atoms with E-state index in [2.05, 4.69) is 12.1 Å². The van der Waals surface area contributed by atoms with Crippen LogP contribution in [-0.2, 0) is 22.6 Å². The van der Waals surface area contributed by atoms with Gasteiger partial charge in [-0.15, -0.1) is 0 Å². The summed E-state index contributed by atoms with van der Waals surface area (Å²) in [5, 5.41) is 0. The first-order valence-corrected chi connectivity index (χ1v) is 6.93. The van der Waals surface area contributed by atoms with Gasteiger partial charge in [0, 0.05) is 19.5 Å². The van der Waals surface area contributed by atoms with Crippen LogP contribution in [0.5, 0.6) is 0 Å². The van der Waals surface area contributed by atoms with Gasteiger partial charge in [-0.25, -0.2) is 0 Å². The summed E-state index contributed by atoms with van der Waals surface area (Å²) in [6.07, 6.45) is 2.45. The van der Waals surface area contributed by atoms with Gasteiger partial charge in [0.2, 0.25) is 11.8 Å². The largest absolute Gasteiger partial charge is 0.329 e. The molecule has 3 heterocycles. The lowest BCUT2D eigenvalue weighted by atomic mass is 9.90. The molecule has 1 aromatic rings. The van der Waals surface area contributed by atoms with Gasteiger partial charge < -0.3 is 9.80 Å². The Hall–Kier alpha value is -1.84. The van der Waals surface area contributed by atoms with Crippen molar-refractivity contribution in [2.45, 2.75) is 37.9 Å². The molecule has 3 aliphatic rings. The summed E-state index contributed by atoms with van der Waals surface area (Å²) in [7, 11) is 0. The minimum atomic E-state index is -0.267. The van der Waals surface area contributed by atoms with Crippen LogP contribution in [0.15, 0.2) is 24.3 Å². The van der Waals surface area contributed by atoms with Crippen LogP contribution in [-0.4, -0.2) is 40.2 Å². The zero-order valence-electron chi connectivity index (χ0n) is 10.7. The second kappa shape index (κ2) is 3.83. The molecule has 2 atom stereocenters. The third kappa shape index (κ3) is 1.46. The maximum absolute atomic E-state index is 12.5. The van der Waals surface area contributed by atoms with E-state index in [1.54, 1.807) is 9.80 Å². The normalized spacial score (nSPS) is 29.1. The van der Waals surface area contributed by atoms with Gasteiger partial charge in [0.05, 0.1) is 0 Å². The second-order valence-corrected chi connectivity index (χ2v) is 5.64. The Kier molecular flexibility index (Phi) is 2.22. The first-order valence-electron chi connectivity index (χ1n) is 6.93. The molecule has 0 aromatic heterocycles. The van der Waals surface area contributed by atoms with Gasteiger partial charge in [0.15, 0.2) is 0 Å². The molecule has 0 saturated carbocycles. The lowest BCUT2D eigenvalue weighted by molar-refractivity contribution is -0.160. The van der Waals surface area contributed by atoms with Crippen molar-refractivity contribution in [2.24, 2.45) is 0 Å². The van der Waals surface area contributed by atoms with Crippen LogP contribution in [0.4, 0.5) is 0 Å². The number of hydrogen-bond donors (Lipinski definition) is 0. The van der Waals surface area contributed by atoms with Crippen molar-refractivity contribution in [3.63, 3.8) is 0 Å². The average molecular weight is 256 g/mol. The predicted octanol–water partition coefficient (Wildman–Crippen LogP) is 0.944. The van der Waals surface area contributed by atoms with Crippen LogP contribution in [0.25, 0.3) is 0 Å². The van der Waals surface area contributed by atoms with E-state index >= 15 is 0 Å². The molecular weight excluding hydrogens is 240 g/mol. The molecule has 19 heavy (non-hydrogen) atoms. The van der Waals surface area contributed by atoms with E-state index in [-0.39, 0.29) is 23.9 Å². The highest BCUT2D eigenvalue weighted by Gasteiger charge is 2.48. The second-order valence-electron chi connectivity index (χ2n) is 5.64. The molecule has 2 fully saturated rings. The molecule has 2 amide bonds. The Morgan fingerprint density at radius 3 is 2.53 bits per heavy atom. The predicted molar refractivity (Wildman–Crippen MR) is 69.2 cm³/mol. The molecule has 0 aliphatic carbocycles. The molecule has 0 unspecified atom stereocenters. The molecule has 4 nitrogen and oxygen atoms in total. The van der Waals surface area contributed by atoms with Gasteiger partial charge in [-0.2, -0.15) is 0 Å². The first kappa shape index (κ1) is 11.0. The fourth-order valence-electron chi connectivity index (χ4n) is 3.65. The van der Waals surface area contributed by atoms with Crippen molar-refractivity contribution in [1.29, 1.82) is 0 Å². The van der Waals surface area contributed by atoms with E-state index in [4.69, 9.17) is 0 Å². The van der Waals surface area contributed by atoms with Crippen LogP contribution >= 0.6 is 0 Å². The lowest BCUT2D eigenvalue weighted by Gasteiger charge is -2.45. The highest BCUT2D eigenvalue weighted by molar-refractivity contribution is 5.98. The highest BCUT2D eigenvalue weighted by Crippen LogP contribution is 2.33. The van der Waals surface area contributed by atoms with Crippen molar-refractivity contribution in [2.75, 3.05) is 6.54 Å². The minimum absolute atomic E-state index is 0.150. The summed E-state index contributed by atoms with van der Waals surface area (Å²) < 4.78 is 0. The standard InChI is InChI=1S/C15H16N2O2/c18-14-12-6-3-7-16(12)15(19)13-8-10-4-1-2-5-11(10)9-17(13)14/h1-2,4-5,12-13H,3,6-9H2/t12-,13+/m0/s1. The number of hydrogen-bond acceptors (Lipinski definition) is 2. The zero-order chi connectivity index (χ0) is 13.0. The molecule has 2 saturated heterocycles. The van der Waals surface area contributed by atoms with Crippen molar-refractivity contribution in [3.05, 3.63) is 35.4 Å². The van der Waals surface area contributed by atoms with Crippen LogP contribution in [0.1, 0.15) is 24.0 Å². The number of fused-ring (bicyclic) bond motifs is 3. The van der Waals surface area contributed by atoms with Gasteiger partial charge in [-0.05, 0) is 24.0 Å². The first-order chi connectivity index (χ1) is 9.25. The summed E-state index contributed by atoms with van der Waals surface area (Å²) in [5.41, 5.74) is 2.40. The molecule has 4 heteroatoms. The Labute approximate surface area is 112 Å². The number of benzene rings is 1. The van der Waals surface area contributed by atoms with Gasteiger partial charge in [-0.3, -0.25) is 9.59 Å². The smallest absolute Gasteiger partial charge is 0.246 e. The number of piperazine rings is 1. The monoisotopic (exact) mass is 256 g/mol. The third-order valence-electron chi connectivity index (χ3n) is 4.64.